The van der Waals surface area contributed by atoms with Gasteiger partial charge in [-0.05, 0) is 18.1 Å². The highest BCUT2D eigenvalue weighted by atomic mass is 16.1. The van der Waals surface area contributed by atoms with Crippen LogP contribution in [-0.2, 0) is 11.2 Å². The summed E-state index contributed by atoms with van der Waals surface area (Å²) >= 11 is 0. The smallest absolute Gasteiger partial charge is 0.224 e. The van der Waals surface area contributed by atoms with Crippen LogP contribution in [0.5, 0.6) is 0 Å². The fraction of sp³-hybridized carbons (Fsp3) is 0.588. The van der Waals surface area contributed by atoms with Gasteiger partial charge in [-0.2, -0.15) is 0 Å². The molecule has 3 nitrogen and oxygen atoms in total. The summed E-state index contributed by atoms with van der Waals surface area (Å²) in [7, 11) is 1.68. The number of likely N-dealkylation sites (N-methyl/N-ethyl adjacent to an activating group) is 1. The van der Waals surface area contributed by atoms with E-state index in [1.54, 1.807) is 7.05 Å². The summed E-state index contributed by atoms with van der Waals surface area (Å²) in [6.07, 6.45) is 8.24. The highest BCUT2D eigenvalue weighted by Crippen LogP contribution is 2.16. The summed E-state index contributed by atoms with van der Waals surface area (Å²) in [6.45, 7) is 3.22. The van der Waals surface area contributed by atoms with Crippen LogP contribution in [0.2, 0.25) is 0 Å². The molecule has 1 aromatic rings. The second-order valence-corrected chi connectivity index (χ2v) is 5.20. The molecule has 0 radical (unpaired) electrons. The highest BCUT2D eigenvalue weighted by Gasteiger charge is 2.05. The first-order valence-corrected chi connectivity index (χ1v) is 7.80. The largest absolute Gasteiger partial charge is 0.385 e. The Balaban J connectivity index is 2.30. The third kappa shape index (κ3) is 6.60. The molecule has 1 rings (SSSR count). The number of carbonyl (C=O) groups is 1. The Hall–Kier alpha value is -1.51. The maximum Gasteiger partial charge on any atom is 0.224 e. The molecule has 3 heteroatoms. The van der Waals surface area contributed by atoms with Gasteiger partial charge < -0.3 is 10.6 Å². The molecule has 1 aromatic carbocycles. The van der Waals surface area contributed by atoms with Gasteiger partial charge >= 0.3 is 0 Å². The summed E-state index contributed by atoms with van der Waals surface area (Å²) in [5.41, 5.74) is 2.16. The lowest BCUT2D eigenvalue weighted by molar-refractivity contribution is -0.119. The van der Waals surface area contributed by atoms with E-state index in [4.69, 9.17) is 0 Å². The topological polar surface area (TPSA) is 41.1 Å². The molecule has 20 heavy (non-hydrogen) atoms. The van der Waals surface area contributed by atoms with Crippen LogP contribution >= 0.6 is 0 Å². The molecule has 0 saturated carbocycles. The predicted molar refractivity (Wildman–Crippen MR) is 86.1 cm³/mol. The number of amides is 1. The lowest BCUT2D eigenvalue weighted by Crippen LogP contribution is -2.20. The van der Waals surface area contributed by atoms with Gasteiger partial charge in [0.15, 0.2) is 0 Å². The van der Waals surface area contributed by atoms with Crippen LogP contribution in [-0.4, -0.2) is 19.5 Å². The van der Waals surface area contributed by atoms with E-state index in [0.29, 0.717) is 6.42 Å². The van der Waals surface area contributed by atoms with Crippen molar-refractivity contribution in [1.29, 1.82) is 0 Å². The van der Waals surface area contributed by atoms with Crippen molar-refractivity contribution in [3.05, 3.63) is 29.8 Å². The Morgan fingerprint density at radius 1 is 1.05 bits per heavy atom. The SMILES string of the molecule is CCCCCCCCNc1ccccc1CC(=O)NC. The zero-order valence-electron chi connectivity index (χ0n) is 12.9. The van der Waals surface area contributed by atoms with Crippen molar-refractivity contribution in [2.24, 2.45) is 0 Å². The van der Waals surface area contributed by atoms with E-state index in [0.717, 1.165) is 17.8 Å². The second kappa shape index (κ2) is 10.3. The van der Waals surface area contributed by atoms with Gasteiger partial charge in [0.1, 0.15) is 0 Å². The molecule has 0 aliphatic carbocycles. The van der Waals surface area contributed by atoms with Crippen LogP contribution in [0, 0.1) is 0 Å². The van der Waals surface area contributed by atoms with Crippen molar-refractivity contribution in [2.45, 2.75) is 51.9 Å². The van der Waals surface area contributed by atoms with Crippen molar-refractivity contribution in [3.8, 4) is 0 Å². The molecule has 0 bridgehead atoms. The molecule has 0 unspecified atom stereocenters. The van der Waals surface area contributed by atoms with Gasteiger partial charge in [-0.1, -0.05) is 57.2 Å². The zero-order valence-corrected chi connectivity index (χ0v) is 12.9. The van der Waals surface area contributed by atoms with E-state index in [1.807, 2.05) is 18.2 Å². The van der Waals surface area contributed by atoms with Gasteiger partial charge in [0.05, 0.1) is 6.42 Å². The molecule has 0 atom stereocenters. The average Bonchev–Trinajstić information content (AvgIpc) is 2.47. The first-order chi connectivity index (χ1) is 9.77. The number of hydrogen-bond donors (Lipinski definition) is 2. The number of anilines is 1. The van der Waals surface area contributed by atoms with Gasteiger partial charge in [0, 0.05) is 19.3 Å². The van der Waals surface area contributed by atoms with E-state index >= 15 is 0 Å². The zero-order chi connectivity index (χ0) is 14.6. The van der Waals surface area contributed by atoms with Crippen LogP contribution in [0.1, 0.15) is 51.0 Å². The minimum atomic E-state index is 0.0545. The number of rotatable bonds is 10. The van der Waals surface area contributed by atoms with E-state index < -0.39 is 0 Å². The fourth-order valence-corrected chi connectivity index (χ4v) is 2.24. The molecule has 0 aliphatic heterocycles. The first kappa shape index (κ1) is 16.5. The van der Waals surface area contributed by atoms with E-state index in [1.165, 1.54) is 38.5 Å². The van der Waals surface area contributed by atoms with Crippen LogP contribution in [0.4, 0.5) is 5.69 Å². The highest BCUT2D eigenvalue weighted by molar-refractivity contribution is 5.80. The maximum absolute atomic E-state index is 11.5. The molecule has 0 heterocycles. The molecule has 2 N–H and O–H groups in total. The number of hydrogen-bond acceptors (Lipinski definition) is 2. The minimum Gasteiger partial charge on any atom is -0.385 e. The monoisotopic (exact) mass is 276 g/mol. The van der Waals surface area contributed by atoms with Crippen LogP contribution in [0.25, 0.3) is 0 Å². The molecule has 1 amide bonds. The van der Waals surface area contributed by atoms with E-state index in [-0.39, 0.29) is 5.91 Å². The van der Waals surface area contributed by atoms with Gasteiger partial charge in [-0.25, -0.2) is 0 Å². The van der Waals surface area contributed by atoms with Crippen LogP contribution in [0.3, 0.4) is 0 Å². The van der Waals surface area contributed by atoms with Crippen molar-refractivity contribution in [1.82, 2.24) is 5.32 Å². The number of unbranched alkanes of at least 4 members (excludes halogenated alkanes) is 5. The number of para-hydroxylation sites is 1. The lowest BCUT2D eigenvalue weighted by atomic mass is 10.1. The van der Waals surface area contributed by atoms with Gasteiger partial charge in [0.25, 0.3) is 0 Å². The molecule has 0 spiro atoms. The van der Waals surface area contributed by atoms with Crippen molar-refractivity contribution < 1.29 is 4.79 Å². The number of benzene rings is 1. The number of nitrogens with one attached hydrogen (secondary N) is 2. The molecule has 112 valence electrons. The van der Waals surface area contributed by atoms with Crippen LogP contribution < -0.4 is 10.6 Å². The quantitative estimate of drug-likeness (QED) is 0.639. The summed E-state index contributed by atoms with van der Waals surface area (Å²) in [4.78, 5) is 11.5. The van der Waals surface area contributed by atoms with E-state index in [9.17, 15) is 4.79 Å². The summed E-state index contributed by atoms with van der Waals surface area (Å²) in [5, 5.41) is 6.12. The fourth-order valence-electron chi connectivity index (χ4n) is 2.24. The third-order valence-electron chi connectivity index (χ3n) is 3.49. The van der Waals surface area contributed by atoms with Gasteiger partial charge in [-0.15, -0.1) is 0 Å². The Morgan fingerprint density at radius 3 is 2.50 bits per heavy atom. The predicted octanol–water partition coefficient (Wildman–Crippen LogP) is 3.75. The molecule has 0 saturated heterocycles. The molecular weight excluding hydrogens is 248 g/mol. The Bertz CT molecular complexity index is 390. The summed E-state index contributed by atoms with van der Waals surface area (Å²) < 4.78 is 0. The minimum absolute atomic E-state index is 0.0545. The van der Waals surface area contributed by atoms with Crippen molar-refractivity contribution >= 4 is 11.6 Å². The third-order valence-corrected chi connectivity index (χ3v) is 3.49. The first-order valence-electron chi connectivity index (χ1n) is 7.80. The summed E-state index contributed by atoms with van der Waals surface area (Å²) in [5.74, 6) is 0.0545. The molecule has 0 aliphatic rings. The Morgan fingerprint density at radius 2 is 1.75 bits per heavy atom. The molecular formula is C17H28N2O. The number of carbonyl (C=O) groups excluding carboxylic acids is 1. The standard InChI is InChI=1S/C17H28N2O/c1-3-4-5-6-7-10-13-19-16-12-9-8-11-15(16)14-17(20)18-2/h8-9,11-12,19H,3-7,10,13-14H2,1-2H3,(H,18,20). The molecule has 0 aromatic heterocycles. The average molecular weight is 276 g/mol. The van der Waals surface area contributed by atoms with E-state index in [2.05, 4.69) is 23.6 Å². The Kier molecular flexibility index (Phi) is 8.52. The second-order valence-electron chi connectivity index (χ2n) is 5.20. The lowest BCUT2D eigenvalue weighted by Gasteiger charge is -2.11. The molecule has 0 fully saturated rings. The Labute approximate surface area is 123 Å². The van der Waals surface area contributed by atoms with Gasteiger partial charge in [-0.3, -0.25) is 4.79 Å². The van der Waals surface area contributed by atoms with Crippen LogP contribution in [0.15, 0.2) is 24.3 Å². The summed E-state index contributed by atoms with van der Waals surface area (Å²) in [6, 6.07) is 8.05. The normalized spacial score (nSPS) is 10.3. The van der Waals surface area contributed by atoms with Crippen molar-refractivity contribution in [3.63, 3.8) is 0 Å². The van der Waals surface area contributed by atoms with Gasteiger partial charge in [0.2, 0.25) is 5.91 Å². The maximum atomic E-state index is 11.5. The van der Waals surface area contributed by atoms with Crippen molar-refractivity contribution in [2.75, 3.05) is 18.9 Å².